The molecule has 0 aliphatic carbocycles. The Morgan fingerprint density at radius 2 is 2.05 bits per heavy atom. The van der Waals surface area contributed by atoms with Gasteiger partial charge in [0.1, 0.15) is 18.2 Å². The Morgan fingerprint density at radius 3 is 2.71 bits per heavy atom. The summed E-state index contributed by atoms with van der Waals surface area (Å²) < 4.78 is 19.4. The zero-order chi connectivity index (χ0) is 15.2. The lowest BCUT2D eigenvalue weighted by Crippen LogP contribution is -2.03. The van der Waals surface area contributed by atoms with Gasteiger partial charge in [-0.2, -0.15) is 5.26 Å². The standard InChI is InChI=1S/C17H16FNO2/c1-2-16(20)14-5-3-4-6-17(14)21-11-13-8-7-12(10-19)9-15(13)18/h3-9,16,20H,2,11H2,1H3. The molecule has 0 aromatic heterocycles. The number of hydrogen-bond acceptors (Lipinski definition) is 3. The monoisotopic (exact) mass is 285 g/mol. The lowest BCUT2D eigenvalue weighted by Gasteiger charge is -2.15. The van der Waals surface area contributed by atoms with Gasteiger partial charge in [-0.1, -0.05) is 31.2 Å². The van der Waals surface area contributed by atoms with Gasteiger partial charge in [-0.05, 0) is 24.6 Å². The van der Waals surface area contributed by atoms with Crippen molar-refractivity contribution in [2.24, 2.45) is 0 Å². The highest BCUT2D eigenvalue weighted by Crippen LogP contribution is 2.27. The first-order valence-corrected chi connectivity index (χ1v) is 6.74. The fraction of sp³-hybridized carbons (Fsp3) is 0.235. The van der Waals surface area contributed by atoms with Gasteiger partial charge in [0.2, 0.25) is 0 Å². The number of aliphatic hydroxyl groups excluding tert-OH is 1. The lowest BCUT2D eigenvalue weighted by atomic mass is 10.1. The van der Waals surface area contributed by atoms with Gasteiger partial charge >= 0.3 is 0 Å². The van der Waals surface area contributed by atoms with Crippen molar-refractivity contribution in [2.75, 3.05) is 0 Å². The van der Waals surface area contributed by atoms with Crippen LogP contribution in [-0.4, -0.2) is 5.11 Å². The highest BCUT2D eigenvalue weighted by Gasteiger charge is 2.12. The Kier molecular flexibility index (Phi) is 4.91. The quantitative estimate of drug-likeness (QED) is 0.911. The number of ether oxygens (including phenoxy) is 1. The van der Waals surface area contributed by atoms with Gasteiger partial charge in [0.25, 0.3) is 0 Å². The van der Waals surface area contributed by atoms with Crippen LogP contribution in [0.5, 0.6) is 5.75 Å². The summed E-state index contributed by atoms with van der Waals surface area (Å²) in [5.74, 6) is 0.0678. The molecule has 108 valence electrons. The van der Waals surface area contributed by atoms with Crippen molar-refractivity contribution in [3.63, 3.8) is 0 Å². The van der Waals surface area contributed by atoms with Crippen molar-refractivity contribution in [1.29, 1.82) is 5.26 Å². The zero-order valence-corrected chi connectivity index (χ0v) is 11.7. The first-order valence-electron chi connectivity index (χ1n) is 6.74. The Bertz CT molecular complexity index is 664. The van der Waals surface area contributed by atoms with E-state index in [1.54, 1.807) is 24.3 Å². The summed E-state index contributed by atoms with van der Waals surface area (Å²) in [7, 11) is 0. The molecule has 2 rings (SSSR count). The molecule has 0 aliphatic heterocycles. The van der Waals surface area contributed by atoms with Crippen LogP contribution in [0.4, 0.5) is 4.39 Å². The molecule has 0 heterocycles. The highest BCUT2D eigenvalue weighted by atomic mass is 19.1. The van der Waals surface area contributed by atoms with E-state index in [0.29, 0.717) is 23.3 Å². The molecule has 0 amide bonds. The molecule has 0 radical (unpaired) electrons. The maximum absolute atomic E-state index is 13.8. The molecule has 2 aromatic carbocycles. The molecule has 2 aromatic rings. The molecule has 1 N–H and O–H groups in total. The third-order valence-corrected chi connectivity index (χ3v) is 3.23. The molecule has 4 heteroatoms. The summed E-state index contributed by atoms with van der Waals surface area (Å²) in [4.78, 5) is 0. The van der Waals surface area contributed by atoms with Crippen molar-refractivity contribution in [2.45, 2.75) is 26.1 Å². The van der Waals surface area contributed by atoms with Crippen LogP contribution >= 0.6 is 0 Å². The van der Waals surface area contributed by atoms with E-state index in [1.807, 2.05) is 19.1 Å². The van der Waals surface area contributed by atoms with Crippen LogP contribution in [-0.2, 0) is 6.61 Å². The average Bonchev–Trinajstić information content (AvgIpc) is 2.53. The molecule has 0 spiro atoms. The molecule has 0 aliphatic rings. The molecular weight excluding hydrogens is 269 g/mol. The fourth-order valence-electron chi connectivity index (χ4n) is 2.00. The molecule has 0 saturated heterocycles. The largest absolute Gasteiger partial charge is 0.488 e. The van der Waals surface area contributed by atoms with Crippen molar-refractivity contribution < 1.29 is 14.2 Å². The second-order valence-electron chi connectivity index (χ2n) is 4.67. The molecule has 21 heavy (non-hydrogen) atoms. The van der Waals surface area contributed by atoms with Gasteiger partial charge in [0, 0.05) is 11.1 Å². The van der Waals surface area contributed by atoms with Crippen molar-refractivity contribution in [3.8, 4) is 11.8 Å². The second-order valence-corrected chi connectivity index (χ2v) is 4.67. The predicted molar refractivity (Wildman–Crippen MR) is 77.1 cm³/mol. The fourth-order valence-corrected chi connectivity index (χ4v) is 2.00. The van der Waals surface area contributed by atoms with E-state index in [0.717, 1.165) is 0 Å². The Balaban J connectivity index is 2.16. The smallest absolute Gasteiger partial charge is 0.131 e. The first kappa shape index (κ1) is 15.0. The summed E-state index contributed by atoms with van der Waals surface area (Å²) in [5, 5.41) is 18.6. The van der Waals surface area contributed by atoms with Gasteiger partial charge < -0.3 is 9.84 Å². The molecule has 1 atom stereocenters. The van der Waals surface area contributed by atoms with E-state index in [1.165, 1.54) is 12.1 Å². The normalized spacial score (nSPS) is 11.7. The van der Waals surface area contributed by atoms with Gasteiger partial charge in [0.15, 0.2) is 0 Å². The molecule has 0 saturated carbocycles. The zero-order valence-electron chi connectivity index (χ0n) is 11.7. The van der Waals surface area contributed by atoms with Gasteiger partial charge in [-0.3, -0.25) is 0 Å². The minimum atomic E-state index is -0.605. The lowest BCUT2D eigenvalue weighted by molar-refractivity contribution is 0.166. The maximum atomic E-state index is 13.8. The summed E-state index contributed by atoms with van der Waals surface area (Å²) in [6.45, 7) is 1.92. The van der Waals surface area contributed by atoms with E-state index in [2.05, 4.69) is 0 Å². The van der Waals surface area contributed by atoms with Crippen LogP contribution in [0.1, 0.15) is 36.1 Å². The Labute approximate surface area is 123 Å². The number of aliphatic hydroxyl groups is 1. The topological polar surface area (TPSA) is 53.2 Å². The Morgan fingerprint density at radius 1 is 1.29 bits per heavy atom. The van der Waals surface area contributed by atoms with Crippen LogP contribution < -0.4 is 4.74 Å². The molecule has 0 fully saturated rings. The van der Waals surface area contributed by atoms with Gasteiger partial charge in [-0.15, -0.1) is 0 Å². The molecule has 0 bridgehead atoms. The predicted octanol–water partition coefficient (Wildman–Crippen LogP) is 3.72. The third kappa shape index (κ3) is 3.59. The molecule has 3 nitrogen and oxygen atoms in total. The summed E-state index contributed by atoms with van der Waals surface area (Å²) >= 11 is 0. The SMILES string of the molecule is CCC(O)c1ccccc1OCc1ccc(C#N)cc1F. The number of halogens is 1. The van der Waals surface area contributed by atoms with E-state index in [-0.39, 0.29) is 12.2 Å². The highest BCUT2D eigenvalue weighted by molar-refractivity contribution is 5.36. The van der Waals surface area contributed by atoms with E-state index < -0.39 is 11.9 Å². The van der Waals surface area contributed by atoms with Crippen LogP contribution in [0.15, 0.2) is 42.5 Å². The Hall–Kier alpha value is -2.38. The van der Waals surface area contributed by atoms with Crippen LogP contribution in [0, 0.1) is 17.1 Å². The average molecular weight is 285 g/mol. The summed E-state index contributed by atoms with van der Waals surface area (Å²) in [6, 6.07) is 13.3. The summed E-state index contributed by atoms with van der Waals surface area (Å²) in [6.07, 6.45) is -0.0296. The van der Waals surface area contributed by atoms with Crippen LogP contribution in [0.3, 0.4) is 0 Å². The van der Waals surface area contributed by atoms with Crippen molar-refractivity contribution >= 4 is 0 Å². The van der Waals surface area contributed by atoms with Crippen molar-refractivity contribution in [1.82, 2.24) is 0 Å². The van der Waals surface area contributed by atoms with Gasteiger partial charge in [0.05, 0.1) is 17.7 Å². The van der Waals surface area contributed by atoms with Gasteiger partial charge in [-0.25, -0.2) is 4.39 Å². The van der Waals surface area contributed by atoms with E-state index in [4.69, 9.17) is 10.00 Å². The number of nitriles is 1. The maximum Gasteiger partial charge on any atom is 0.131 e. The van der Waals surface area contributed by atoms with Crippen LogP contribution in [0.25, 0.3) is 0 Å². The minimum Gasteiger partial charge on any atom is -0.488 e. The van der Waals surface area contributed by atoms with Crippen LogP contribution in [0.2, 0.25) is 0 Å². The molecule has 1 unspecified atom stereocenters. The summed E-state index contributed by atoms with van der Waals surface area (Å²) in [5.41, 5.74) is 1.34. The van der Waals surface area contributed by atoms with E-state index in [9.17, 15) is 9.50 Å². The number of rotatable bonds is 5. The number of benzene rings is 2. The minimum absolute atomic E-state index is 0.0466. The van der Waals surface area contributed by atoms with Crippen molar-refractivity contribution in [3.05, 3.63) is 65.0 Å². The third-order valence-electron chi connectivity index (χ3n) is 3.23. The number of para-hydroxylation sites is 1. The van der Waals surface area contributed by atoms with E-state index >= 15 is 0 Å². The molecular formula is C17H16FNO2. The number of hydrogen-bond donors (Lipinski definition) is 1. The second kappa shape index (κ2) is 6.87. The first-order chi connectivity index (χ1) is 10.2. The number of nitrogens with zero attached hydrogens (tertiary/aromatic N) is 1.